The molecule has 18 heavy (non-hydrogen) atoms. The first-order valence-electron chi connectivity index (χ1n) is 5.29. The number of nitrogens with two attached hydrogens (primary N) is 1. The Morgan fingerprint density at radius 3 is 2.39 bits per heavy atom. The van der Waals surface area contributed by atoms with Crippen LogP contribution in [0.15, 0.2) is 42.5 Å². The van der Waals surface area contributed by atoms with Crippen LogP contribution in [0.5, 0.6) is 0 Å². The fourth-order valence-corrected chi connectivity index (χ4v) is 1.88. The van der Waals surface area contributed by atoms with Crippen LogP contribution in [0.4, 0.5) is 8.78 Å². The molecule has 94 valence electrons. The van der Waals surface area contributed by atoms with Gasteiger partial charge in [-0.25, -0.2) is 14.2 Å². The zero-order valence-corrected chi connectivity index (χ0v) is 10.1. The second kappa shape index (κ2) is 5.44. The molecule has 3 N–H and O–H groups in total. The van der Waals surface area contributed by atoms with E-state index in [0.717, 1.165) is 0 Å². The average molecular weight is 269 g/mol. The second-order valence-electron chi connectivity index (χ2n) is 3.79. The topological polar surface area (TPSA) is 38.0 Å². The van der Waals surface area contributed by atoms with Crippen LogP contribution < -0.4 is 11.3 Å². The Hall–Kier alpha value is -1.49. The van der Waals surface area contributed by atoms with Gasteiger partial charge in [-0.05, 0) is 23.8 Å². The van der Waals surface area contributed by atoms with E-state index in [4.69, 9.17) is 17.4 Å². The number of halogens is 3. The molecule has 0 radical (unpaired) electrons. The molecule has 2 nitrogen and oxygen atoms in total. The van der Waals surface area contributed by atoms with E-state index in [9.17, 15) is 8.78 Å². The predicted octanol–water partition coefficient (Wildman–Crippen LogP) is 3.17. The van der Waals surface area contributed by atoms with Crippen LogP contribution in [-0.4, -0.2) is 0 Å². The first-order valence-corrected chi connectivity index (χ1v) is 5.66. The van der Waals surface area contributed by atoms with Gasteiger partial charge < -0.3 is 0 Å². The summed E-state index contributed by atoms with van der Waals surface area (Å²) in [5.41, 5.74) is 3.33. The third-order valence-electron chi connectivity index (χ3n) is 2.66. The lowest BCUT2D eigenvalue weighted by Gasteiger charge is -2.17. The van der Waals surface area contributed by atoms with Crippen LogP contribution in [0, 0.1) is 11.6 Å². The first kappa shape index (κ1) is 13.0. The predicted molar refractivity (Wildman–Crippen MR) is 67.0 cm³/mol. The van der Waals surface area contributed by atoms with E-state index >= 15 is 0 Å². The molecule has 2 aromatic carbocycles. The van der Waals surface area contributed by atoms with E-state index < -0.39 is 17.7 Å². The molecule has 0 heterocycles. The fourth-order valence-electron chi connectivity index (χ4n) is 1.77. The van der Waals surface area contributed by atoms with Gasteiger partial charge >= 0.3 is 0 Å². The third-order valence-corrected chi connectivity index (χ3v) is 2.97. The minimum absolute atomic E-state index is 0.0167. The summed E-state index contributed by atoms with van der Waals surface area (Å²) >= 11 is 5.61. The van der Waals surface area contributed by atoms with Gasteiger partial charge in [0.25, 0.3) is 0 Å². The molecule has 0 saturated heterocycles. The molecule has 0 amide bonds. The Morgan fingerprint density at radius 2 is 1.78 bits per heavy atom. The quantitative estimate of drug-likeness (QED) is 0.663. The molecule has 2 aromatic rings. The van der Waals surface area contributed by atoms with E-state index in [1.165, 1.54) is 18.2 Å². The lowest BCUT2D eigenvalue weighted by Crippen LogP contribution is -2.29. The van der Waals surface area contributed by atoms with E-state index in [1.54, 1.807) is 24.3 Å². The molecule has 5 heteroatoms. The smallest absolute Gasteiger partial charge is 0.142 e. The van der Waals surface area contributed by atoms with Crippen LogP contribution in [-0.2, 0) is 0 Å². The average Bonchev–Trinajstić information content (AvgIpc) is 2.37. The van der Waals surface area contributed by atoms with Gasteiger partial charge in [-0.15, -0.1) is 0 Å². The van der Waals surface area contributed by atoms with Gasteiger partial charge in [0.05, 0.1) is 11.1 Å². The summed E-state index contributed by atoms with van der Waals surface area (Å²) in [7, 11) is 0. The van der Waals surface area contributed by atoms with Crippen molar-refractivity contribution in [1.82, 2.24) is 5.43 Å². The normalized spacial score (nSPS) is 12.4. The molecule has 0 fully saturated rings. The minimum atomic E-state index is -0.627. The number of benzene rings is 2. The largest absolute Gasteiger partial charge is 0.271 e. The maximum Gasteiger partial charge on any atom is 0.142 e. The molecular formula is C13H11ClF2N2. The van der Waals surface area contributed by atoms with Crippen molar-refractivity contribution in [2.45, 2.75) is 6.04 Å². The van der Waals surface area contributed by atoms with Crippen LogP contribution in [0.1, 0.15) is 17.2 Å². The van der Waals surface area contributed by atoms with E-state index in [0.29, 0.717) is 11.1 Å². The Bertz CT molecular complexity index is 560. The minimum Gasteiger partial charge on any atom is -0.271 e. The summed E-state index contributed by atoms with van der Waals surface area (Å²) < 4.78 is 27.1. The van der Waals surface area contributed by atoms with Gasteiger partial charge in [0.15, 0.2) is 0 Å². The summed E-state index contributed by atoms with van der Waals surface area (Å²) in [4.78, 5) is 0. The van der Waals surface area contributed by atoms with E-state index in [-0.39, 0.29) is 5.02 Å². The maximum absolute atomic E-state index is 13.7. The molecule has 0 saturated carbocycles. The highest BCUT2D eigenvalue weighted by Crippen LogP contribution is 2.26. The first-order chi connectivity index (χ1) is 8.63. The van der Waals surface area contributed by atoms with Crippen molar-refractivity contribution < 1.29 is 8.78 Å². The van der Waals surface area contributed by atoms with Crippen molar-refractivity contribution in [2.75, 3.05) is 0 Å². The van der Waals surface area contributed by atoms with Crippen molar-refractivity contribution in [1.29, 1.82) is 0 Å². The molecule has 0 aliphatic carbocycles. The summed E-state index contributed by atoms with van der Waals surface area (Å²) in [6.07, 6.45) is 0. The van der Waals surface area contributed by atoms with Crippen LogP contribution in [0.3, 0.4) is 0 Å². The SMILES string of the molecule is NNC(c1ccc(Cl)c(F)c1)c1ccccc1F. The maximum atomic E-state index is 13.7. The highest BCUT2D eigenvalue weighted by molar-refractivity contribution is 6.30. The van der Waals surface area contributed by atoms with Gasteiger partial charge in [0.2, 0.25) is 0 Å². The standard InChI is InChI=1S/C13H11ClF2N2/c14-10-6-5-8(7-12(10)16)13(18-17)9-3-1-2-4-11(9)15/h1-7,13,18H,17H2. The molecule has 1 atom stereocenters. The summed E-state index contributed by atoms with van der Waals surface area (Å²) in [6.45, 7) is 0. The highest BCUT2D eigenvalue weighted by atomic mass is 35.5. The van der Waals surface area contributed by atoms with Gasteiger partial charge in [-0.1, -0.05) is 35.9 Å². The van der Waals surface area contributed by atoms with Crippen LogP contribution >= 0.6 is 11.6 Å². The van der Waals surface area contributed by atoms with Crippen LogP contribution in [0.2, 0.25) is 5.02 Å². The second-order valence-corrected chi connectivity index (χ2v) is 4.20. The molecule has 2 rings (SSSR count). The number of hydrazine groups is 1. The van der Waals surface area contributed by atoms with Crippen LogP contribution in [0.25, 0.3) is 0 Å². The summed E-state index contributed by atoms with van der Waals surface area (Å²) in [5.74, 6) is 4.45. The molecule has 0 aliphatic heterocycles. The molecule has 1 unspecified atom stereocenters. The number of hydrogen-bond acceptors (Lipinski definition) is 2. The van der Waals surface area contributed by atoms with Gasteiger partial charge in [0.1, 0.15) is 11.6 Å². The van der Waals surface area contributed by atoms with Crippen molar-refractivity contribution >= 4 is 11.6 Å². The number of nitrogens with one attached hydrogen (secondary N) is 1. The van der Waals surface area contributed by atoms with Gasteiger partial charge in [-0.2, -0.15) is 0 Å². The lowest BCUT2D eigenvalue weighted by molar-refractivity contribution is 0.556. The molecule has 0 bridgehead atoms. The Labute approximate surface area is 108 Å². The zero-order valence-electron chi connectivity index (χ0n) is 9.33. The van der Waals surface area contributed by atoms with Crippen molar-refractivity contribution in [3.05, 3.63) is 70.2 Å². The van der Waals surface area contributed by atoms with Gasteiger partial charge in [-0.3, -0.25) is 5.84 Å². The lowest BCUT2D eigenvalue weighted by atomic mass is 9.99. The summed E-state index contributed by atoms with van der Waals surface area (Å²) in [5, 5.41) is 0.0167. The molecule has 0 aliphatic rings. The molecule has 0 spiro atoms. The van der Waals surface area contributed by atoms with Crippen molar-refractivity contribution in [2.24, 2.45) is 5.84 Å². The molecular weight excluding hydrogens is 258 g/mol. The van der Waals surface area contributed by atoms with E-state index in [2.05, 4.69) is 5.43 Å². The fraction of sp³-hybridized carbons (Fsp3) is 0.0769. The molecule has 0 aromatic heterocycles. The Balaban J connectivity index is 2.45. The van der Waals surface area contributed by atoms with Gasteiger partial charge in [0, 0.05) is 5.56 Å². The Morgan fingerprint density at radius 1 is 1.06 bits per heavy atom. The van der Waals surface area contributed by atoms with Crippen molar-refractivity contribution in [3.8, 4) is 0 Å². The zero-order chi connectivity index (χ0) is 13.1. The highest BCUT2D eigenvalue weighted by Gasteiger charge is 2.17. The van der Waals surface area contributed by atoms with E-state index in [1.807, 2.05) is 0 Å². The van der Waals surface area contributed by atoms with Crippen molar-refractivity contribution in [3.63, 3.8) is 0 Å². The monoisotopic (exact) mass is 268 g/mol. The number of hydrogen-bond donors (Lipinski definition) is 2. The number of rotatable bonds is 3. The third kappa shape index (κ3) is 2.51. The Kier molecular flexibility index (Phi) is 3.91. The summed E-state index contributed by atoms with van der Waals surface area (Å²) in [6, 6.07) is 9.80.